The first-order valence-electron chi connectivity index (χ1n) is 11.4. The van der Waals surface area contributed by atoms with Gasteiger partial charge >= 0.3 is 194 Å². The summed E-state index contributed by atoms with van der Waals surface area (Å²) in [6.45, 7) is 9.96. The van der Waals surface area contributed by atoms with E-state index in [0.717, 1.165) is 0 Å². The van der Waals surface area contributed by atoms with Gasteiger partial charge in [0.15, 0.2) is 0 Å². The maximum absolute atomic E-state index is 2.60. The monoisotopic (exact) mass is 524 g/mol. The molecule has 0 heterocycles. The topological polar surface area (TPSA) is 0 Å². The van der Waals surface area contributed by atoms with Crippen molar-refractivity contribution in [2.45, 2.75) is 41.8 Å². The van der Waals surface area contributed by atoms with E-state index in [-0.39, 0.29) is 31.0 Å². The molecule has 168 valence electrons. The first kappa shape index (κ1) is 26.3. The Balaban J connectivity index is 0.00000153. The third-order valence-corrected chi connectivity index (χ3v) is 20.1. The summed E-state index contributed by atoms with van der Waals surface area (Å²) in [6, 6.07) is 27.2. The van der Waals surface area contributed by atoms with Gasteiger partial charge in [-0.05, 0) is 0 Å². The minimum absolute atomic E-state index is 0. The fraction of sp³-hybridized carbons (Fsp3) is 0.241. The van der Waals surface area contributed by atoms with Crippen LogP contribution in [0.4, 0.5) is 0 Å². The molecule has 0 radical (unpaired) electrons. The standard InChI is InChI=1S/C16H13.C11H11.C2H6Si.2ClH.Ti/c1-12-10-14-8-5-9-15(16(14)11-12)13-6-3-2-4-7-13;1-2-9-7-10-5-3-4-6-11(10)8-9;1-3-2;;;/h2-11H,1H3;3-8H,2H2,1H3;1-2H3;2*1H;/q;;;;;+2/p-2. The SMILES string of the molecule is CCC1=Cc2ccccc2[CH]1[Ti+2]([CH]1C(C)=Cc2c(-c3ccccc3)cccc21)=[Si](C)C.[Cl-].[Cl-]. The molecule has 0 aromatic heterocycles. The first-order valence-corrected chi connectivity index (χ1v) is 18.1. The predicted octanol–water partition coefficient (Wildman–Crippen LogP) is 2.24. The third kappa shape index (κ3) is 4.64. The number of allylic oxidation sites excluding steroid dienone is 2. The molecule has 2 unspecified atom stereocenters. The van der Waals surface area contributed by atoms with E-state index >= 15 is 0 Å². The molecule has 3 aromatic rings. The summed E-state index contributed by atoms with van der Waals surface area (Å²) in [5.74, 6) is 0. The molecule has 0 fully saturated rings. The fourth-order valence-electron chi connectivity index (χ4n) is 5.64. The van der Waals surface area contributed by atoms with E-state index in [0.29, 0.717) is 8.45 Å². The van der Waals surface area contributed by atoms with Gasteiger partial charge in [0.1, 0.15) is 0 Å². The number of hydrogen-bond acceptors (Lipinski definition) is 0. The Labute approximate surface area is 217 Å². The van der Waals surface area contributed by atoms with E-state index in [4.69, 9.17) is 0 Å². The van der Waals surface area contributed by atoms with Crippen molar-refractivity contribution in [2.75, 3.05) is 0 Å². The van der Waals surface area contributed by atoms with E-state index in [1.54, 1.807) is 22.3 Å². The van der Waals surface area contributed by atoms with Gasteiger partial charge in [0, 0.05) is 0 Å². The Bertz CT molecular complexity index is 1250. The van der Waals surface area contributed by atoms with E-state index in [1.165, 1.54) is 28.7 Å². The zero-order valence-electron chi connectivity index (χ0n) is 19.7. The Morgan fingerprint density at radius 2 is 1.42 bits per heavy atom. The van der Waals surface area contributed by atoms with Crippen LogP contribution in [0, 0.1) is 0 Å². The Morgan fingerprint density at radius 3 is 2.12 bits per heavy atom. The van der Waals surface area contributed by atoms with Crippen LogP contribution in [0.1, 0.15) is 51.0 Å². The van der Waals surface area contributed by atoms with Gasteiger partial charge in [-0.3, -0.25) is 0 Å². The molecule has 0 spiro atoms. The van der Waals surface area contributed by atoms with Gasteiger partial charge in [-0.25, -0.2) is 0 Å². The normalized spacial score (nSPS) is 17.4. The van der Waals surface area contributed by atoms with Crippen LogP contribution in [0.3, 0.4) is 0 Å². The summed E-state index contributed by atoms with van der Waals surface area (Å²) >= 11 is -1.53. The predicted molar refractivity (Wildman–Crippen MR) is 133 cm³/mol. The van der Waals surface area contributed by atoms with Crippen LogP contribution in [0.2, 0.25) is 13.1 Å². The molecule has 0 nitrogen and oxygen atoms in total. The van der Waals surface area contributed by atoms with E-state index in [9.17, 15) is 0 Å². The molecule has 3 aromatic carbocycles. The summed E-state index contributed by atoms with van der Waals surface area (Å²) in [6.07, 6.45) is 5.83. The Morgan fingerprint density at radius 1 is 0.758 bits per heavy atom. The third-order valence-electron chi connectivity index (χ3n) is 6.99. The van der Waals surface area contributed by atoms with Crippen LogP contribution in [-0.4, -0.2) is 6.19 Å². The van der Waals surface area contributed by atoms with Crippen molar-refractivity contribution in [3.63, 3.8) is 0 Å². The second kappa shape index (κ2) is 10.9. The first-order chi connectivity index (χ1) is 15.1. The zero-order chi connectivity index (χ0) is 21.5. The molecule has 0 N–H and O–H groups in total. The van der Waals surface area contributed by atoms with Gasteiger partial charge in [-0.15, -0.1) is 0 Å². The maximum atomic E-state index is 2.60. The summed E-state index contributed by atoms with van der Waals surface area (Å²) < 4.78 is 1.39. The van der Waals surface area contributed by atoms with Crippen LogP contribution >= 0.6 is 0 Å². The second-order valence-corrected chi connectivity index (χ2v) is 21.4. The summed E-state index contributed by atoms with van der Waals surface area (Å²) in [5.41, 5.74) is 12.2. The molecule has 2 aliphatic rings. The molecule has 33 heavy (non-hydrogen) atoms. The van der Waals surface area contributed by atoms with Crippen molar-refractivity contribution < 1.29 is 41.4 Å². The van der Waals surface area contributed by atoms with Gasteiger partial charge in [0.05, 0.1) is 0 Å². The minimum atomic E-state index is -1.53. The molecule has 2 atom stereocenters. The average Bonchev–Trinajstić information content (AvgIpc) is 3.32. The smallest absolute Gasteiger partial charge is 1.00 e. The molecule has 0 saturated heterocycles. The molecule has 4 heteroatoms. The molecule has 0 amide bonds. The zero-order valence-corrected chi connectivity index (χ0v) is 23.8. The number of fused-ring (bicyclic) bond motifs is 2. The number of hydrogen-bond donors (Lipinski definition) is 0. The second-order valence-electron chi connectivity index (χ2n) is 9.09. The Hall–Kier alpha value is -1.35. The number of halogens is 2. The maximum Gasteiger partial charge on any atom is -1.00 e. The van der Waals surface area contributed by atoms with Crippen molar-refractivity contribution in [1.29, 1.82) is 0 Å². The van der Waals surface area contributed by atoms with Crippen LogP contribution in [-0.2, 0) is 16.6 Å². The van der Waals surface area contributed by atoms with Crippen LogP contribution in [0.25, 0.3) is 23.3 Å². The average molecular weight is 525 g/mol. The Kier molecular flexibility index (Phi) is 8.70. The largest absolute Gasteiger partial charge is 1.00 e. The van der Waals surface area contributed by atoms with Crippen molar-refractivity contribution in [1.82, 2.24) is 0 Å². The molecule has 0 aliphatic heterocycles. The van der Waals surface area contributed by atoms with Gasteiger partial charge in [-0.1, -0.05) is 0 Å². The van der Waals surface area contributed by atoms with E-state index < -0.39 is 16.6 Å². The summed E-state index contributed by atoms with van der Waals surface area (Å²) in [5, 5.41) is 0. The van der Waals surface area contributed by atoms with Crippen molar-refractivity contribution >= 4 is 18.3 Å². The molecule has 5 rings (SSSR count). The summed E-state index contributed by atoms with van der Waals surface area (Å²) in [7, 11) is 0. The van der Waals surface area contributed by atoms with Crippen molar-refractivity contribution in [3.05, 3.63) is 106 Å². The van der Waals surface area contributed by atoms with E-state index in [2.05, 4.69) is 112 Å². The molecular weight excluding hydrogens is 495 g/mol. The van der Waals surface area contributed by atoms with Gasteiger partial charge in [0.2, 0.25) is 0 Å². The van der Waals surface area contributed by atoms with Crippen LogP contribution in [0.15, 0.2) is 83.9 Å². The van der Waals surface area contributed by atoms with Crippen LogP contribution < -0.4 is 24.8 Å². The molecule has 0 bridgehead atoms. The van der Waals surface area contributed by atoms with Gasteiger partial charge < -0.3 is 24.8 Å². The number of rotatable bonds is 4. The minimum Gasteiger partial charge on any atom is -1.00 e. The molecular formula is C29H30Cl2SiTi. The molecule has 2 aliphatic carbocycles. The van der Waals surface area contributed by atoms with E-state index in [1.807, 2.05) is 0 Å². The van der Waals surface area contributed by atoms with Gasteiger partial charge in [0.25, 0.3) is 0 Å². The molecule has 0 saturated carbocycles. The van der Waals surface area contributed by atoms with Gasteiger partial charge in [-0.2, -0.15) is 0 Å². The number of benzene rings is 3. The van der Waals surface area contributed by atoms with Crippen molar-refractivity contribution in [3.8, 4) is 11.1 Å². The van der Waals surface area contributed by atoms with Crippen molar-refractivity contribution in [2.24, 2.45) is 0 Å². The summed E-state index contributed by atoms with van der Waals surface area (Å²) in [4.78, 5) is 0. The van der Waals surface area contributed by atoms with Crippen LogP contribution in [0.5, 0.6) is 0 Å². The fourth-order valence-corrected chi connectivity index (χ4v) is 19.5. The quantitative estimate of drug-likeness (QED) is 0.459.